The predicted octanol–water partition coefficient (Wildman–Crippen LogP) is 2.09. The van der Waals surface area contributed by atoms with Crippen molar-refractivity contribution in [3.63, 3.8) is 0 Å². The van der Waals surface area contributed by atoms with Crippen LogP contribution in [-0.4, -0.2) is 35.6 Å². The highest BCUT2D eigenvalue weighted by atomic mass is 32.2. The molecule has 0 amide bonds. The fourth-order valence-corrected chi connectivity index (χ4v) is 4.10. The minimum absolute atomic E-state index is 0.0796. The Bertz CT molecular complexity index is 581. The average molecular weight is 311 g/mol. The van der Waals surface area contributed by atoms with E-state index in [2.05, 4.69) is 0 Å². The Labute approximate surface area is 125 Å². The van der Waals surface area contributed by atoms with E-state index in [0.717, 1.165) is 18.4 Å². The van der Waals surface area contributed by atoms with E-state index in [1.165, 1.54) is 4.31 Å². The molecule has 1 saturated carbocycles. The van der Waals surface area contributed by atoms with E-state index >= 15 is 0 Å². The maximum absolute atomic E-state index is 12.5. The van der Waals surface area contributed by atoms with Crippen LogP contribution in [-0.2, 0) is 21.4 Å². The molecule has 1 unspecified atom stereocenters. The SMILES string of the molecule is CC(C1CC1)N(Cc1ccccc1)S(=O)(=O)CCC(=O)O. The van der Waals surface area contributed by atoms with Gasteiger partial charge in [-0.25, -0.2) is 8.42 Å². The Balaban J connectivity index is 2.17. The second-order valence-electron chi connectivity index (χ2n) is 5.57. The highest BCUT2D eigenvalue weighted by molar-refractivity contribution is 7.89. The Hall–Kier alpha value is -1.40. The molecule has 1 aliphatic carbocycles. The van der Waals surface area contributed by atoms with Crippen molar-refractivity contribution in [3.8, 4) is 0 Å². The molecule has 1 atom stereocenters. The molecule has 1 aliphatic rings. The van der Waals surface area contributed by atoms with Crippen molar-refractivity contribution in [1.29, 1.82) is 0 Å². The lowest BCUT2D eigenvalue weighted by atomic mass is 10.2. The van der Waals surface area contributed by atoms with Gasteiger partial charge in [0.05, 0.1) is 12.2 Å². The first-order valence-corrected chi connectivity index (χ1v) is 8.76. The van der Waals surface area contributed by atoms with Gasteiger partial charge in [0.25, 0.3) is 0 Å². The number of hydrogen-bond donors (Lipinski definition) is 1. The minimum atomic E-state index is -3.57. The van der Waals surface area contributed by atoms with E-state index in [9.17, 15) is 13.2 Å². The lowest BCUT2D eigenvalue weighted by molar-refractivity contribution is -0.136. The predicted molar refractivity (Wildman–Crippen MR) is 80.2 cm³/mol. The monoisotopic (exact) mass is 311 g/mol. The molecule has 0 spiro atoms. The Morgan fingerprint density at radius 1 is 1.33 bits per heavy atom. The fourth-order valence-electron chi connectivity index (χ4n) is 2.41. The standard InChI is InChI=1S/C15H21NO4S/c1-12(14-7-8-14)16(11-13-5-3-2-4-6-13)21(19,20)10-9-15(17)18/h2-6,12,14H,7-11H2,1H3,(H,17,18). The number of carboxylic acids is 1. The molecule has 0 radical (unpaired) electrons. The third-order valence-corrected chi connectivity index (χ3v) is 5.77. The second-order valence-corrected chi connectivity index (χ2v) is 7.61. The van der Waals surface area contributed by atoms with E-state index in [0.29, 0.717) is 12.5 Å². The number of hydrogen-bond acceptors (Lipinski definition) is 3. The lowest BCUT2D eigenvalue weighted by Crippen LogP contribution is -2.41. The first-order valence-electron chi connectivity index (χ1n) is 7.15. The highest BCUT2D eigenvalue weighted by Gasteiger charge is 2.37. The van der Waals surface area contributed by atoms with Crippen LogP contribution in [0.25, 0.3) is 0 Å². The van der Waals surface area contributed by atoms with E-state index in [1.54, 1.807) is 0 Å². The molecule has 2 rings (SSSR count). The number of rotatable bonds is 8. The van der Waals surface area contributed by atoms with Crippen LogP contribution in [0.15, 0.2) is 30.3 Å². The van der Waals surface area contributed by atoms with Gasteiger partial charge >= 0.3 is 5.97 Å². The molecular formula is C15H21NO4S. The van der Waals surface area contributed by atoms with Crippen molar-refractivity contribution in [2.45, 2.75) is 38.8 Å². The van der Waals surface area contributed by atoms with Gasteiger partial charge in [0.1, 0.15) is 0 Å². The van der Waals surface area contributed by atoms with Crippen LogP contribution in [0.5, 0.6) is 0 Å². The van der Waals surface area contributed by atoms with Crippen molar-refractivity contribution < 1.29 is 18.3 Å². The maximum atomic E-state index is 12.5. The number of nitrogens with zero attached hydrogens (tertiary/aromatic N) is 1. The van der Waals surface area contributed by atoms with Crippen LogP contribution < -0.4 is 0 Å². The molecule has 0 bridgehead atoms. The first-order chi connectivity index (χ1) is 9.90. The van der Waals surface area contributed by atoms with Crippen LogP contribution in [0.1, 0.15) is 31.7 Å². The zero-order valence-electron chi connectivity index (χ0n) is 12.1. The van der Waals surface area contributed by atoms with Gasteiger partial charge in [0.2, 0.25) is 10.0 Å². The summed E-state index contributed by atoms with van der Waals surface area (Å²) < 4.78 is 26.4. The van der Waals surface area contributed by atoms with E-state index < -0.39 is 16.0 Å². The number of sulfonamides is 1. The van der Waals surface area contributed by atoms with Crippen LogP contribution >= 0.6 is 0 Å². The minimum Gasteiger partial charge on any atom is -0.481 e. The van der Waals surface area contributed by atoms with Crippen molar-refractivity contribution in [3.05, 3.63) is 35.9 Å². The molecule has 0 heterocycles. The first kappa shape index (κ1) is 16.0. The van der Waals surface area contributed by atoms with Crippen molar-refractivity contribution in [2.24, 2.45) is 5.92 Å². The summed E-state index contributed by atoms with van der Waals surface area (Å²) in [6.07, 6.45) is 1.73. The van der Waals surface area contributed by atoms with Gasteiger partial charge in [-0.1, -0.05) is 30.3 Å². The summed E-state index contributed by atoms with van der Waals surface area (Å²) in [6.45, 7) is 2.22. The van der Waals surface area contributed by atoms with Gasteiger partial charge in [-0.3, -0.25) is 4.79 Å². The Morgan fingerprint density at radius 2 is 1.95 bits per heavy atom. The zero-order valence-corrected chi connectivity index (χ0v) is 12.9. The Kier molecular flexibility index (Phi) is 5.00. The molecule has 21 heavy (non-hydrogen) atoms. The topological polar surface area (TPSA) is 74.7 Å². The zero-order chi connectivity index (χ0) is 15.5. The fraction of sp³-hybridized carbons (Fsp3) is 0.533. The highest BCUT2D eigenvalue weighted by Crippen LogP contribution is 2.36. The third kappa shape index (κ3) is 4.54. The molecule has 116 valence electrons. The smallest absolute Gasteiger partial charge is 0.304 e. The van der Waals surface area contributed by atoms with E-state index in [1.807, 2.05) is 37.3 Å². The van der Waals surface area contributed by atoms with Gasteiger partial charge in [-0.05, 0) is 31.2 Å². The summed E-state index contributed by atoms with van der Waals surface area (Å²) in [5.74, 6) is -1.03. The summed E-state index contributed by atoms with van der Waals surface area (Å²) in [6, 6.07) is 9.33. The maximum Gasteiger partial charge on any atom is 0.304 e. The number of benzene rings is 1. The van der Waals surface area contributed by atoms with Crippen LogP contribution in [0, 0.1) is 5.92 Å². The van der Waals surface area contributed by atoms with Crippen molar-refractivity contribution in [1.82, 2.24) is 4.31 Å². The van der Waals surface area contributed by atoms with Gasteiger partial charge in [-0.2, -0.15) is 4.31 Å². The van der Waals surface area contributed by atoms with Crippen molar-refractivity contribution >= 4 is 16.0 Å². The van der Waals surface area contributed by atoms with Gasteiger partial charge in [0.15, 0.2) is 0 Å². The molecule has 0 aromatic heterocycles. The van der Waals surface area contributed by atoms with Crippen LogP contribution in [0.4, 0.5) is 0 Å². The molecule has 1 N–H and O–H groups in total. The molecule has 1 aromatic rings. The summed E-state index contributed by atoms with van der Waals surface area (Å²) in [5.41, 5.74) is 0.920. The molecule has 0 saturated heterocycles. The quantitative estimate of drug-likeness (QED) is 0.797. The summed E-state index contributed by atoms with van der Waals surface area (Å²) in [7, 11) is -3.57. The molecule has 6 heteroatoms. The largest absolute Gasteiger partial charge is 0.481 e. The second kappa shape index (κ2) is 6.58. The van der Waals surface area contributed by atoms with Crippen LogP contribution in [0.3, 0.4) is 0 Å². The van der Waals surface area contributed by atoms with Crippen molar-refractivity contribution in [2.75, 3.05) is 5.75 Å². The van der Waals surface area contributed by atoms with E-state index in [4.69, 9.17) is 5.11 Å². The van der Waals surface area contributed by atoms with Gasteiger partial charge < -0.3 is 5.11 Å². The summed E-state index contributed by atoms with van der Waals surface area (Å²) in [5, 5.41) is 8.73. The number of carbonyl (C=O) groups is 1. The molecule has 5 nitrogen and oxygen atoms in total. The molecule has 0 aliphatic heterocycles. The molecule has 1 aromatic carbocycles. The van der Waals surface area contributed by atoms with Crippen LogP contribution in [0.2, 0.25) is 0 Å². The molecule has 1 fully saturated rings. The Morgan fingerprint density at radius 3 is 2.48 bits per heavy atom. The van der Waals surface area contributed by atoms with Gasteiger partial charge in [-0.15, -0.1) is 0 Å². The normalized spacial score (nSPS) is 16.9. The number of aliphatic carboxylic acids is 1. The van der Waals surface area contributed by atoms with Gasteiger partial charge in [0, 0.05) is 12.6 Å². The summed E-state index contributed by atoms with van der Waals surface area (Å²) >= 11 is 0. The summed E-state index contributed by atoms with van der Waals surface area (Å²) in [4.78, 5) is 10.7. The lowest BCUT2D eigenvalue weighted by Gasteiger charge is -2.28. The average Bonchev–Trinajstić information content (AvgIpc) is 3.27. The molecular weight excluding hydrogens is 290 g/mol. The van der Waals surface area contributed by atoms with E-state index in [-0.39, 0.29) is 18.2 Å². The third-order valence-electron chi connectivity index (χ3n) is 3.87. The number of carboxylic acid groups (broad SMARTS) is 1.